The molecule has 0 radical (unpaired) electrons. The number of carbonyl (C=O) groups excluding carboxylic acids is 1. The molecule has 7 heteroatoms. The summed E-state index contributed by atoms with van der Waals surface area (Å²) in [5.74, 6) is 0.0147. The molecule has 0 saturated carbocycles. The molecule has 1 aliphatic rings. The van der Waals surface area contributed by atoms with E-state index in [1.54, 1.807) is 30.4 Å². The van der Waals surface area contributed by atoms with Crippen molar-refractivity contribution in [2.45, 2.75) is 5.92 Å². The molecule has 0 atom stereocenters. The minimum atomic E-state index is -0.539. The molecule has 5 rings (SSSR count). The molecule has 1 amide bonds. The largest absolute Gasteiger partial charge is 0.449 e. The van der Waals surface area contributed by atoms with Crippen LogP contribution in [0.15, 0.2) is 82.4 Å². The van der Waals surface area contributed by atoms with Gasteiger partial charge in [0.1, 0.15) is 6.61 Å². The first kappa shape index (κ1) is 20.5. The van der Waals surface area contributed by atoms with E-state index in [9.17, 15) is 14.4 Å². The van der Waals surface area contributed by atoms with Crippen LogP contribution in [0.25, 0.3) is 28.1 Å². The van der Waals surface area contributed by atoms with Gasteiger partial charge in [-0.3, -0.25) is 9.78 Å². The highest BCUT2D eigenvalue weighted by atomic mass is 16.5. The number of aromatic amines is 2. The van der Waals surface area contributed by atoms with Crippen molar-refractivity contribution in [3.05, 3.63) is 110 Å². The summed E-state index contributed by atoms with van der Waals surface area (Å²) < 4.78 is 5.51. The number of hydrogen-bond donors (Lipinski definition) is 3. The summed E-state index contributed by atoms with van der Waals surface area (Å²) in [5, 5.41) is 3.11. The molecule has 3 aromatic carbocycles. The van der Waals surface area contributed by atoms with Gasteiger partial charge in [-0.05, 0) is 39.9 Å². The maximum absolute atomic E-state index is 12.2. The highest BCUT2D eigenvalue weighted by molar-refractivity contribution is 5.80. The molecule has 0 unspecified atom stereocenters. The Morgan fingerprint density at radius 2 is 1.64 bits per heavy atom. The molecule has 164 valence electrons. The monoisotopic (exact) mass is 439 g/mol. The highest BCUT2D eigenvalue weighted by Gasteiger charge is 2.28. The van der Waals surface area contributed by atoms with Crippen molar-refractivity contribution in [1.82, 2.24) is 15.3 Å². The van der Waals surface area contributed by atoms with Crippen LogP contribution in [0.1, 0.15) is 22.6 Å². The Bertz CT molecular complexity index is 1450. The Morgan fingerprint density at radius 1 is 0.939 bits per heavy atom. The second-order valence-electron chi connectivity index (χ2n) is 7.82. The lowest BCUT2D eigenvalue weighted by atomic mass is 9.98. The molecule has 0 fully saturated rings. The highest BCUT2D eigenvalue weighted by Crippen LogP contribution is 2.44. The summed E-state index contributed by atoms with van der Waals surface area (Å²) >= 11 is 0. The number of benzene rings is 3. The topological polar surface area (TPSA) is 104 Å². The maximum Gasteiger partial charge on any atom is 0.407 e. The zero-order chi connectivity index (χ0) is 22.8. The first-order chi connectivity index (χ1) is 16.1. The van der Waals surface area contributed by atoms with Gasteiger partial charge in [-0.25, -0.2) is 9.59 Å². The average molecular weight is 439 g/mol. The van der Waals surface area contributed by atoms with Crippen LogP contribution in [0, 0.1) is 0 Å². The molecule has 4 aromatic rings. The van der Waals surface area contributed by atoms with E-state index in [0.717, 1.165) is 5.56 Å². The fourth-order valence-electron chi connectivity index (χ4n) is 4.27. The van der Waals surface area contributed by atoms with Gasteiger partial charge in [0.2, 0.25) is 0 Å². The smallest absolute Gasteiger partial charge is 0.407 e. The van der Waals surface area contributed by atoms with Gasteiger partial charge in [0, 0.05) is 12.5 Å². The molecule has 0 bridgehead atoms. The van der Waals surface area contributed by atoms with E-state index in [2.05, 4.69) is 39.6 Å². The Balaban J connectivity index is 1.19. The number of ether oxygens (including phenoxy) is 1. The van der Waals surface area contributed by atoms with Gasteiger partial charge in [-0.15, -0.1) is 0 Å². The van der Waals surface area contributed by atoms with Crippen LogP contribution in [-0.2, 0) is 4.74 Å². The van der Waals surface area contributed by atoms with Crippen molar-refractivity contribution < 1.29 is 9.53 Å². The van der Waals surface area contributed by atoms with Crippen molar-refractivity contribution >= 4 is 23.1 Å². The predicted octanol–water partition coefficient (Wildman–Crippen LogP) is 3.77. The molecule has 0 spiro atoms. The third-order valence-corrected chi connectivity index (χ3v) is 5.78. The van der Waals surface area contributed by atoms with Crippen LogP contribution in [0.5, 0.6) is 0 Å². The molecule has 7 nitrogen and oxygen atoms in total. The number of rotatable bonds is 5. The number of amides is 1. The van der Waals surface area contributed by atoms with Gasteiger partial charge >= 0.3 is 11.8 Å². The van der Waals surface area contributed by atoms with Gasteiger partial charge in [-0.2, -0.15) is 0 Å². The summed E-state index contributed by atoms with van der Waals surface area (Å²) in [5.41, 5.74) is 4.96. The summed E-state index contributed by atoms with van der Waals surface area (Å²) in [6.07, 6.45) is 3.06. The Labute approximate surface area is 188 Å². The van der Waals surface area contributed by atoms with E-state index in [-0.39, 0.29) is 19.1 Å². The number of hydrogen-bond acceptors (Lipinski definition) is 4. The van der Waals surface area contributed by atoms with Crippen LogP contribution in [0.2, 0.25) is 0 Å². The normalized spacial score (nSPS) is 12.6. The Hall–Kier alpha value is -4.39. The van der Waals surface area contributed by atoms with E-state index in [0.29, 0.717) is 10.9 Å². The van der Waals surface area contributed by atoms with Gasteiger partial charge in [0.25, 0.3) is 5.56 Å². The lowest BCUT2D eigenvalue weighted by Gasteiger charge is -2.14. The van der Waals surface area contributed by atoms with Crippen LogP contribution in [0.4, 0.5) is 4.79 Å². The Morgan fingerprint density at radius 3 is 2.36 bits per heavy atom. The summed E-state index contributed by atoms with van der Waals surface area (Å²) in [6.45, 7) is 0.534. The molecular formula is C26H21N3O4. The third kappa shape index (κ3) is 4.08. The van der Waals surface area contributed by atoms with Gasteiger partial charge in [0.15, 0.2) is 0 Å². The van der Waals surface area contributed by atoms with Gasteiger partial charge in [-0.1, -0.05) is 66.7 Å². The third-order valence-electron chi connectivity index (χ3n) is 5.78. The predicted molar refractivity (Wildman–Crippen MR) is 127 cm³/mol. The van der Waals surface area contributed by atoms with E-state index >= 15 is 0 Å². The van der Waals surface area contributed by atoms with Crippen LogP contribution >= 0.6 is 0 Å². The summed E-state index contributed by atoms with van der Waals surface area (Å²) in [6, 6.07) is 21.5. The molecule has 33 heavy (non-hydrogen) atoms. The SMILES string of the molecule is O=C(NCC=Cc1ccc2[nH]c(=O)[nH]c(=O)c2c1)OCC1c2ccccc2-c2ccccc21. The lowest BCUT2D eigenvalue weighted by Crippen LogP contribution is -2.26. The zero-order valence-corrected chi connectivity index (χ0v) is 17.6. The number of fused-ring (bicyclic) bond motifs is 4. The molecule has 1 aromatic heterocycles. The quantitative estimate of drug-likeness (QED) is 0.440. The number of carbonyl (C=O) groups is 1. The average Bonchev–Trinajstić information content (AvgIpc) is 3.14. The number of nitrogens with one attached hydrogen (secondary N) is 3. The maximum atomic E-state index is 12.2. The van der Waals surface area contributed by atoms with Crippen molar-refractivity contribution in [2.75, 3.05) is 13.2 Å². The minimum Gasteiger partial charge on any atom is -0.449 e. The van der Waals surface area contributed by atoms with Crippen LogP contribution < -0.4 is 16.6 Å². The lowest BCUT2D eigenvalue weighted by molar-refractivity contribution is 0.144. The van der Waals surface area contributed by atoms with Crippen molar-refractivity contribution in [1.29, 1.82) is 0 Å². The van der Waals surface area contributed by atoms with Crippen molar-refractivity contribution in [2.24, 2.45) is 0 Å². The first-order valence-electron chi connectivity index (χ1n) is 10.6. The Kier molecular flexibility index (Phi) is 5.36. The van der Waals surface area contributed by atoms with E-state index < -0.39 is 17.3 Å². The standard InChI is InChI=1S/C26H21N3O4/c30-24-21-14-16(11-12-23(21)28-25(31)29-24)6-5-13-27-26(32)33-15-22-19-9-3-1-7-17(19)18-8-2-4-10-20(18)22/h1-12,14,22H,13,15H2,(H,27,32)(H2,28,29,30,31). The summed E-state index contributed by atoms with van der Waals surface area (Å²) in [4.78, 5) is 40.3. The molecule has 1 heterocycles. The first-order valence-corrected chi connectivity index (χ1v) is 10.6. The second kappa shape index (κ2) is 8.63. The second-order valence-corrected chi connectivity index (χ2v) is 7.82. The molecule has 0 aliphatic heterocycles. The van der Waals surface area contributed by atoms with E-state index in [1.807, 2.05) is 24.3 Å². The van der Waals surface area contributed by atoms with Crippen LogP contribution in [0.3, 0.4) is 0 Å². The number of aromatic nitrogens is 2. The molecule has 1 aliphatic carbocycles. The number of H-pyrrole nitrogens is 2. The summed E-state index contributed by atoms with van der Waals surface area (Å²) in [7, 11) is 0. The number of alkyl carbamates (subject to hydrolysis) is 1. The van der Waals surface area contributed by atoms with Crippen molar-refractivity contribution in [3.8, 4) is 11.1 Å². The zero-order valence-electron chi connectivity index (χ0n) is 17.6. The minimum absolute atomic E-state index is 0.0147. The van der Waals surface area contributed by atoms with Gasteiger partial charge < -0.3 is 15.0 Å². The fraction of sp³-hybridized carbons (Fsp3) is 0.115. The molecule has 3 N–H and O–H groups in total. The van der Waals surface area contributed by atoms with Gasteiger partial charge in [0.05, 0.1) is 10.9 Å². The molecule has 0 saturated heterocycles. The van der Waals surface area contributed by atoms with Crippen LogP contribution in [-0.4, -0.2) is 29.2 Å². The fourth-order valence-corrected chi connectivity index (χ4v) is 4.27. The van der Waals surface area contributed by atoms with E-state index in [4.69, 9.17) is 4.74 Å². The van der Waals surface area contributed by atoms with Crippen molar-refractivity contribution in [3.63, 3.8) is 0 Å². The van der Waals surface area contributed by atoms with E-state index in [1.165, 1.54) is 22.3 Å². The molecular weight excluding hydrogens is 418 g/mol.